The van der Waals surface area contributed by atoms with Crippen molar-refractivity contribution in [2.24, 2.45) is 16.5 Å². The van der Waals surface area contributed by atoms with E-state index in [2.05, 4.69) is 38.8 Å². The van der Waals surface area contributed by atoms with E-state index < -0.39 is 0 Å². The van der Waals surface area contributed by atoms with Crippen LogP contribution in [0.2, 0.25) is 10.0 Å². The van der Waals surface area contributed by atoms with E-state index in [1.807, 2.05) is 30.3 Å². The van der Waals surface area contributed by atoms with E-state index in [1.54, 1.807) is 6.07 Å². The number of guanidine groups is 1. The molecule has 7 N–H and O–H groups in total. The largest absolute Gasteiger partial charge is 0.381 e. The number of nitrogens with zero attached hydrogens (tertiary/aromatic N) is 1. The van der Waals surface area contributed by atoms with Crippen LogP contribution in [-0.4, -0.2) is 24.0 Å². The lowest BCUT2D eigenvalue weighted by atomic mass is 10.1. The molecule has 0 fully saturated rings. The van der Waals surface area contributed by atoms with Gasteiger partial charge in [0, 0.05) is 34.2 Å². The van der Waals surface area contributed by atoms with Crippen LogP contribution in [0.25, 0.3) is 21.8 Å². The summed E-state index contributed by atoms with van der Waals surface area (Å²) in [4.78, 5) is 7.49. The number of benzene rings is 3. The van der Waals surface area contributed by atoms with Gasteiger partial charge in [-0.15, -0.1) is 0 Å². The van der Waals surface area contributed by atoms with Crippen molar-refractivity contribution < 1.29 is 0 Å². The summed E-state index contributed by atoms with van der Waals surface area (Å²) in [5, 5.41) is 10.1. The molecule has 4 rings (SSSR count). The van der Waals surface area contributed by atoms with Crippen molar-refractivity contribution >= 4 is 68.0 Å². The van der Waals surface area contributed by atoms with Gasteiger partial charge < -0.3 is 27.1 Å². The number of aliphatic imine (C=N–C) groups is 1. The fraction of sp³-hybridized carbons (Fsp3) is 0.0952. The minimum absolute atomic E-state index is 0.0950. The minimum atomic E-state index is 0.0950. The van der Waals surface area contributed by atoms with Crippen LogP contribution in [-0.2, 0) is 0 Å². The SMILES string of the molecule is NC(N)=NCCNc1cccc2c1[nH]c1ccc(Nc3ccc(Cl)c(Cl)c3)cc12. The van der Waals surface area contributed by atoms with Crippen LogP contribution in [0.1, 0.15) is 0 Å². The van der Waals surface area contributed by atoms with Gasteiger partial charge in [0.25, 0.3) is 0 Å². The predicted molar refractivity (Wildman–Crippen MR) is 125 cm³/mol. The number of nitrogens with two attached hydrogens (primary N) is 2. The van der Waals surface area contributed by atoms with Gasteiger partial charge in [-0.1, -0.05) is 35.3 Å². The van der Waals surface area contributed by atoms with Crippen LogP contribution in [0.4, 0.5) is 17.1 Å². The van der Waals surface area contributed by atoms with Gasteiger partial charge in [0.2, 0.25) is 0 Å². The highest BCUT2D eigenvalue weighted by Gasteiger charge is 2.09. The molecule has 29 heavy (non-hydrogen) atoms. The molecule has 0 unspecified atom stereocenters. The number of para-hydroxylation sites is 1. The number of rotatable bonds is 6. The lowest BCUT2D eigenvalue weighted by Gasteiger charge is -2.08. The maximum Gasteiger partial charge on any atom is 0.185 e. The quantitative estimate of drug-likeness (QED) is 0.169. The number of H-pyrrole nitrogens is 1. The maximum atomic E-state index is 6.12. The molecule has 0 aliphatic carbocycles. The molecule has 0 spiro atoms. The fourth-order valence-electron chi connectivity index (χ4n) is 3.26. The second-order valence-corrected chi connectivity index (χ2v) is 7.42. The number of aromatic nitrogens is 1. The molecular weight excluding hydrogens is 407 g/mol. The van der Waals surface area contributed by atoms with Crippen molar-refractivity contribution in [1.29, 1.82) is 0 Å². The van der Waals surface area contributed by atoms with Gasteiger partial charge in [0.05, 0.1) is 27.8 Å². The molecule has 0 radical (unpaired) electrons. The molecule has 1 heterocycles. The first-order valence-corrected chi connectivity index (χ1v) is 9.82. The van der Waals surface area contributed by atoms with Crippen molar-refractivity contribution in [3.8, 4) is 0 Å². The highest BCUT2D eigenvalue weighted by molar-refractivity contribution is 6.42. The lowest BCUT2D eigenvalue weighted by molar-refractivity contribution is 1.02. The molecular formula is C21H20Cl2N6. The van der Waals surface area contributed by atoms with Crippen LogP contribution in [0.5, 0.6) is 0 Å². The van der Waals surface area contributed by atoms with Crippen molar-refractivity contribution in [2.75, 3.05) is 23.7 Å². The Labute approximate surface area is 177 Å². The van der Waals surface area contributed by atoms with Crippen LogP contribution >= 0.6 is 23.2 Å². The number of aromatic amines is 1. The first-order valence-electron chi connectivity index (χ1n) is 9.07. The zero-order valence-corrected chi connectivity index (χ0v) is 17.0. The van der Waals surface area contributed by atoms with Gasteiger partial charge in [-0.2, -0.15) is 0 Å². The number of fused-ring (bicyclic) bond motifs is 3. The number of anilines is 3. The topological polar surface area (TPSA) is 104 Å². The molecule has 148 valence electrons. The monoisotopic (exact) mass is 426 g/mol. The van der Waals surface area contributed by atoms with E-state index in [9.17, 15) is 0 Å². The zero-order valence-electron chi connectivity index (χ0n) is 15.5. The van der Waals surface area contributed by atoms with E-state index in [0.29, 0.717) is 23.1 Å². The molecule has 6 nitrogen and oxygen atoms in total. The Morgan fingerprint density at radius 3 is 2.52 bits per heavy atom. The molecule has 0 amide bonds. The second kappa shape index (κ2) is 8.11. The molecule has 1 aromatic heterocycles. The molecule has 0 saturated heterocycles. The molecule has 0 aliphatic heterocycles. The molecule has 0 saturated carbocycles. The third-order valence-electron chi connectivity index (χ3n) is 4.56. The van der Waals surface area contributed by atoms with Gasteiger partial charge in [-0.05, 0) is 42.5 Å². The third kappa shape index (κ3) is 4.18. The van der Waals surface area contributed by atoms with Crippen LogP contribution in [0.15, 0.2) is 59.6 Å². The molecule has 0 aliphatic rings. The highest BCUT2D eigenvalue weighted by atomic mass is 35.5. The van der Waals surface area contributed by atoms with E-state index in [4.69, 9.17) is 34.7 Å². The van der Waals surface area contributed by atoms with Gasteiger partial charge in [0.15, 0.2) is 5.96 Å². The normalized spacial score (nSPS) is 11.0. The third-order valence-corrected chi connectivity index (χ3v) is 5.30. The number of hydrogen-bond acceptors (Lipinski definition) is 3. The predicted octanol–water partition coefficient (Wildman–Crippen LogP) is 5.06. The number of halogens is 2. The summed E-state index contributed by atoms with van der Waals surface area (Å²) in [6.07, 6.45) is 0. The lowest BCUT2D eigenvalue weighted by Crippen LogP contribution is -2.24. The summed E-state index contributed by atoms with van der Waals surface area (Å²) in [5.41, 5.74) is 15.7. The van der Waals surface area contributed by atoms with Crippen molar-refractivity contribution in [2.45, 2.75) is 0 Å². The first kappa shape index (κ1) is 19.2. The average molecular weight is 427 g/mol. The van der Waals surface area contributed by atoms with Crippen LogP contribution in [0, 0.1) is 0 Å². The van der Waals surface area contributed by atoms with E-state index in [0.717, 1.165) is 38.9 Å². The summed E-state index contributed by atoms with van der Waals surface area (Å²) in [5.74, 6) is 0.0950. The standard InChI is InChI=1S/C21H20Cl2N6/c22-16-6-4-13(11-17(16)23)28-12-5-7-18-15(10-12)14-2-1-3-19(20(14)29-18)26-8-9-27-21(24)25/h1-7,10-11,26,28-29H,8-9H2,(H4,24,25,27). The molecule has 3 aromatic carbocycles. The van der Waals surface area contributed by atoms with Crippen LogP contribution in [0.3, 0.4) is 0 Å². The van der Waals surface area contributed by atoms with E-state index >= 15 is 0 Å². The summed E-state index contributed by atoms with van der Waals surface area (Å²) in [7, 11) is 0. The molecule has 0 bridgehead atoms. The minimum Gasteiger partial charge on any atom is -0.381 e. The summed E-state index contributed by atoms with van der Waals surface area (Å²) in [6, 6.07) is 17.8. The van der Waals surface area contributed by atoms with Gasteiger partial charge in [-0.25, -0.2) is 0 Å². The van der Waals surface area contributed by atoms with Gasteiger partial charge in [0.1, 0.15) is 0 Å². The Morgan fingerprint density at radius 2 is 1.72 bits per heavy atom. The van der Waals surface area contributed by atoms with Gasteiger partial charge >= 0.3 is 0 Å². The Bertz CT molecular complexity index is 1210. The van der Waals surface area contributed by atoms with Crippen molar-refractivity contribution in [1.82, 2.24) is 4.98 Å². The average Bonchev–Trinajstić information content (AvgIpc) is 3.07. The fourth-order valence-corrected chi connectivity index (χ4v) is 3.56. The number of nitrogens with one attached hydrogen (secondary N) is 3. The smallest absolute Gasteiger partial charge is 0.185 e. The Balaban J connectivity index is 1.64. The first-order chi connectivity index (χ1) is 14.0. The highest BCUT2D eigenvalue weighted by Crippen LogP contribution is 2.33. The van der Waals surface area contributed by atoms with Gasteiger partial charge in [-0.3, -0.25) is 4.99 Å². The summed E-state index contributed by atoms with van der Waals surface area (Å²) >= 11 is 12.1. The second-order valence-electron chi connectivity index (χ2n) is 6.60. The Kier molecular flexibility index (Phi) is 5.38. The van der Waals surface area contributed by atoms with Crippen molar-refractivity contribution in [3.05, 3.63) is 64.6 Å². The van der Waals surface area contributed by atoms with E-state index in [-0.39, 0.29) is 5.96 Å². The molecule has 0 atom stereocenters. The van der Waals surface area contributed by atoms with Crippen molar-refractivity contribution in [3.63, 3.8) is 0 Å². The van der Waals surface area contributed by atoms with Crippen LogP contribution < -0.4 is 22.1 Å². The Morgan fingerprint density at radius 1 is 0.931 bits per heavy atom. The van der Waals surface area contributed by atoms with E-state index in [1.165, 1.54) is 0 Å². The molecule has 8 heteroatoms. The summed E-state index contributed by atoms with van der Waals surface area (Å²) < 4.78 is 0. The number of hydrogen-bond donors (Lipinski definition) is 5. The molecule has 4 aromatic rings. The maximum absolute atomic E-state index is 6.12. The summed E-state index contributed by atoms with van der Waals surface area (Å²) in [6.45, 7) is 1.15. The Hall–Kier alpha value is -3.09. The zero-order chi connectivity index (χ0) is 20.4.